The number of para-hydroxylation sites is 2. The van der Waals surface area contributed by atoms with Crippen LogP contribution >= 0.6 is 0 Å². The van der Waals surface area contributed by atoms with Crippen molar-refractivity contribution in [1.82, 2.24) is 15.2 Å². The molecule has 0 aliphatic heterocycles. The van der Waals surface area contributed by atoms with Crippen LogP contribution in [0, 0.1) is 0 Å². The van der Waals surface area contributed by atoms with Crippen molar-refractivity contribution in [3.8, 4) is 0 Å². The molecule has 2 aromatic carbocycles. The van der Waals surface area contributed by atoms with Crippen molar-refractivity contribution in [2.75, 3.05) is 32.5 Å². The van der Waals surface area contributed by atoms with Crippen molar-refractivity contribution in [3.05, 3.63) is 48.5 Å². The molecule has 0 saturated carbocycles. The average molecular weight is 408 g/mol. The molecule has 3 rings (SSSR count). The van der Waals surface area contributed by atoms with E-state index in [2.05, 4.69) is 27.8 Å². The topological polar surface area (TPSA) is 78.8 Å². The number of fused-ring (bicyclic) bond motifs is 2. The monoisotopic (exact) mass is 407 g/mol. The van der Waals surface area contributed by atoms with Gasteiger partial charge in [0.1, 0.15) is 5.60 Å². The molecule has 158 valence electrons. The lowest BCUT2D eigenvalue weighted by Crippen LogP contribution is -2.45. The molecule has 2 N–H and O–H groups in total. The summed E-state index contributed by atoms with van der Waals surface area (Å²) in [4.78, 5) is 22.9. The summed E-state index contributed by atoms with van der Waals surface area (Å²) < 4.78 is 5.31. The number of guanidine groups is 1. The lowest BCUT2D eigenvalue weighted by atomic mass is 10.1. The van der Waals surface area contributed by atoms with Gasteiger partial charge in [-0.1, -0.05) is 36.4 Å². The maximum atomic E-state index is 12.1. The van der Waals surface area contributed by atoms with Gasteiger partial charge < -0.3 is 15.0 Å². The van der Waals surface area contributed by atoms with Gasteiger partial charge in [-0.2, -0.15) is 0 Å². The summed E-state index contributed by atoms with van der Waals surface area (Å²) >= 11 is 0. The molecule has 3 aromatic rings. The third-order valence-corrected chi connectivity index (χ3v) is 4.52. The Bertz CT molecular complexity index is 1020. The second kappa shape index (κ2) is 8.98. The molecule has 7 heteroatoms. The van der Waals surface area contributed by atoms with Crippen LogP contribution in [0.25, 0.3) is 21.8 Å². The number of benzene rings is 2. The lowest BCUT2D eigenvalue weighted by molar-refractivity contribution is 0.0557. The lowest BCUT2D eigenvalue weighted by Gasteiger charge is -2.24. The molecule has 0 aliphatic rings. The Morgan fingerprint density at radius 2 is 1.63 bits per heavy atom. The van der Waals surface area contributed by atoms with Gasteiger partial charge in [0.2, 0.25) is 5.96 Å². The van der Waals surface area contributed by atoms with Crippen molar-refractivity contribution in [3.63, 3.8) is 0 Å². The van der Waals surface area contributed by atoms with E-state index in [4.69, 9.17) is 9.72 Å². The van der Waals surface area contributed by atoms with Gasteiger partial charge in [0.25, 0.3) is 0 Å². The number of hydrogen-bond acceptors (Lipinski definition) is 5. The minimum atomic E-state index is -0.563. The van der Waals surface area contributed by atoms with E-state index < -0.39 is 11.7 Å². The van der Waals surface area contributed by atoms with Crippen molar-refractivity contribution < 1.29 is 9.53 Å². The van der Waals surface area contributed by atoms with E-state index in [0.29, 0.717) is 19.0 Å². The molecule has 0 bridgehead atoms. The Morgan fingerprint density at radius 1 is 1.07 bits per heavy atom. The van der Waals surface area contributed by atoms with E-state index in [9.17, 15) is 4.79 Å². The Labute approximate surface area is 177 Å². The zero-order valence-electron chi connectivity index (χ0n) is 18.2. The largest absolute Gasteiger partial charge is 0.444 e. The van der Waals surface area contributed by atoms with Crippen LogP contribution in [0.4, 0.5) is 10.5 Å². The zero-order valence-corrected chi connectivity index (χ0v) is 18.2. The number of amides is 1. The number of carbonyl (C=O) groups is 1. The summed E-state index contributed by atoms with van der Waals surface area (Å²) in [6.07, 6.45) is -0.519. The smallest absolute Gasteiger partial charge is 0.414 e. The summed E-state index contributed by atoms with van der Waals surface area (Å²) in [5, 5.41) is 8.42. The summed E-state index contributed by atoms with van der Waals surface area (Å²) in [6.45, 7) is 6.77. The number of carbonyl (C=O) groups excluding carboxylic acids is 1. The van der Waals surface area contributed by atoms with Crippen LogP contribution in [-0.4, -0.2) is 54.7 Å². The van der Waals surface area contributed by atoms with Gasteiger partial charge >= 0.3 is 6.09 Å². The van der Waals surface area contributed by atoms with Crippen molar-refractivity contribution in [1.29, 1.82) is 0 Å². The van der Waals surface area contributed by atoms with Crippen LogP contribution in [0.3, 0.4) is 0 Å². The highest BCUT2D eigenvalue weighted by atomic mass is 16.6. The maximum absolute atomic E-state index is 12.1. The fraction of sp³-hybridized carbons (Fsp3) is 0.348. The van der Waals surface area contributed by atoms with Gasteiger partial charge in [-0.3, -0.25) is 10.3 Å². The number of ether oxygens (including phenoxy) is 1. The number of likely N-dealkylation sites (N-methyl/N-ethyl adjacent to an activating group) is 1. The molecule has 0 spiro atoms. The molecule has 0 aliphatic carbocycles. The van der Waals surface area contributed by atoms with Crippen LogP contribution in [0.15, 0.2) is 53.5 Å². The van der Waals surface area contributed by atoms with Gasteiger partial charge in [-0.25, -0.2) is 9.78 Å². The van der Waals surface area contributed by atoms with E-state index >= 15 is 0 Å². The molecule has 1 aromatic heterocycles. The standard InChI is InChI=1S/C23H29N5O2/c1-23(2,3)30-22(29)27-21(24-4)28(5)15-14-25-20-16-10-6-8-12-18(16)26-19-13-9-7-11-17(19)20/h6-13H,14-15H2,1-5H3,(H,25,26)(H,24,27,29). The molecule has 0 radical (unpaired) electrons. The van der Waals surface area contributed by atoms with Crippen molar-refractivity contribution in [2.45, 2.75) is 26.4 Å². The quantitative estimate of drug-likeness (QED) is 0.384. The third-order valence-electron chi connectivity index (χ3n) is 4.52. The molecule has 7 nitrogen and oxygen atoms in total. The Morgan fingerprint density at radius 3 is 2.17 bits per heavy atom. The van der Waals surface area contributed by atoms with Gasteiger partial charge in [-0.15, -0.1) is 0 Å². The predicted octanol–water partition coefficient (Wildman–Crippen LogP) is 4.24. The van der Waals surface area contributed by atoms with Gasteiger partial charge in [0.05, 0.1) is 16.7 Å². The Kier molecular flexibility index (Phi) is 6.40. The minimum absolute atomic E-state index is 0.454. The second-order valence-electron chi connectivity index (χ2n) is 8.04. The van der Waals surface area contributed by atoms with E-state index in [1.165, 1.54) is 0 Å². The number of rotatable bonds is 4. The Balaban J connectivity index is 1.71. The average Bonchev–Trinajstić information content (AvgIpc) is 2.70. The summed E-state index contributed by atoms with van der Waals surface area (Å²) in [6, 6.07) is 16.2. The minimum Gasteiger partial charge on any atom is -0.444 e. The van der Waals surface area contributed by atoms with Crippen LogP contribution in [-0.2, 0) is 4.74 Å². The highest BCUT2D eigenvalue weighted by Gasteiger charge is 2.18. The number of aliphatic imine (C=N–C) groups is 1. The fourth-order valence-corrected chi connectivity index (χ4v) is 3.20. The van der Waals surface area contributed by atoms with Crippen LogP contribution < -0.4 is 10.6 Å². The summed E-state index contributed by atoms with van der Waals surface area (Å²) in [5.74, 6) is 0.454. The van der Waals surface area contributed by atoms with Crippen molar-refractivity contribution >= 4 is 39.5 Å². The molecule has 1 heterocycles. The highest BCUT2D eigenvalue weighted by Crippen LogP contribution is 2.30. The number of nitrogens with one attached hydrogen (secondary N) is 2. The Hall–Kier alpha value is -3.35. The van der Waals surface area contributed by atoms with Gasteiger partial charge in [0, 0.05) is 38.0 Å². The van der Waals surface area contributed by atoms with E-state index in [1.54, 1.807) is 7.05 Å². The van der Waals surface area contributed by atoms with E-state index in [1.807, 2.05) is 69.1 Å². The first-order valence-electron chi connectivity index (χ1n) is 9.98. The summed E-state index contributed by atoms with van der Waals surface area (Å²) in [5.41, 5.74) is 2.40. The molecule has 0 unspecified atom stereocenters. The molecular weight excluding hydrogens is 378 g/mol. The molecule has 0 saturated heterocycles. The molecular formula is C23H29N5O2. The summed E-state index contributed by atoms with van der Waals surface area (Å²) in [7, 11) is 3.52. The highest BCUT2D eigenvalue weighted by molar-refractivity contribution is 6.07. The van der Waals surface area contributed by atoms with Crippen molar-refractivity contribution in [2.24, 2.45) is 4.99 Å². The number of pyridine rings is 1. The van der Waals surface area contributed by atoms with Gasteiger partial charge in [-0.05, 0) is 32.9 Å². The number of alkyl carbamates (subject to hydrolysis) is 1. The number of hydrogen-bond donors (Lipinski definition) is 2. The fourth-order valence-electron chi connectivity index (χ4n) is 3.20. The van der Waals surface area contributed by atoms with Crippen LogP contribution in [0.5, 0.6) is 0 Å². The number of nitrogens with zero attached hydrogens (tertiary/aromatic N) is 3. The van der Waals surface area contributed by atoms with E-state index in [-0.39, 0.29) is 0 Å². The first-order chi connectivity index (χ1) is 14.3. The molecule has 0 fully saturated rings. The number of aromatic nitrogens is 1. The third kappa shape index (κ3) is 5.17. The number of anilines is 1. The van der Waals surface area contributed by atoms with E-state index in [0.717, 1.165) is 27.5 Å². The molecule has 0 atom stereocenters. The molecule has 30 heavy (non-hydrogen) atoms. The maximum Gasteiger partial charge on any atom is 0.414 e. The zero-order chi connectivity index (χ0) is 21.7. The predicted molar refractivity (Wildman–Crippen MR) is 123 cm³/mol. The first-order valence-corrected chi connectivity index (χ1v) is 9.98. The first kappa shape index (κ1) is 21.4. The van der Waals surface area contributed by atoms with Crippen LogP contribution in [0.2, 0.25) is 0 Å². The van der Waals surface area contributed by atoms with Gasteiger partial charge in [0.15, 0.2) is 0 Å². The second-order valence-corrected chi connectivity index (χ2v) is 8.04. The SMILES string of the molecule is CN=C(NC(=O)OC(C)(C)C)N(C)CCNc1c2ccccc2nc2ccccc12. The normalized spacial score (nSPS) is 12.1. The van der Waals surface area contributed by atoms with Crippen LogP contribution in [0.1, 0.15) is 20.8 Å². The molecule has 1 amide bonds.